The summed E-state index contributed by atoms with van der Waals surface area (Å²) in [6.07, 6.45) is 3.65. The quantitative estimate of drug-likeness (QED) is 0.636. The summed E-state index contributed by atoms with van der Waals surface area (Å²) < 4.78 is 8.10. The molecule has 1 aliphatic heterocycles. The summed E-state index contributed by atoms with van der Waals surface area (Å²) >= 11 is 0. The standard InChI is InChI=1S/C12H15N/c1-2-5-11-10(4-1)8-13-9-12(11)6-3-7-12/h1-2,4-5,13H,3,6-9H2/i9D. The fourth-order valence-corrected chi connectivity index (χ4v) is 2.57. The van der Waals surface area contributed by atoms with Crippen molar-refractivity contribution in [1.29, 1.82) is 0 Å². The highest BCUT2D eigenvalue weighted by Crippen LogP contribution is 2.45. The van der Waals surface area contributed by atoms with Crippen LogP contribution in [0.4, 0.5) is 0 Å². The lowest BCUT2D eigenvalue weighted by atomic mass is 9.62. The highest BCUT2D eigenvalue weighted by molar-refractivity contribution is 5.38. The first-order chi connectivity index (χ1) is 6.83. The number of hydrogen-bond acceptors (Lipinski definition) is 1. The summed E-state index contributed by atoms with van der Waals surface area (Å²) in [6.45, 7) is 0.776. The molecule has 1 heterocycles. The predicted molar refractivity (Wildman–Crippen MR) is 53.7 cm³/mol. The highest BCUT2D eigenvalue weighted by atomic mass is 14.9. The maximum absolute atomic E-state index is 8.10. The molecule has 1 aliphatic carbocycles. The van der Waals surface area contributed by atoms with E-state index in [1.54, 1.807) is 0 Å². The van der Waals surface area contributed by atoms with E-state index in [4.69, 9.17) is 1.37 Å². The third-order valence-electron chi connectivity index (χ3n) is 3.47. The number of fused-ring (bicyclic) bond motifs is 2. The second-order valence-electron chi connectivity index (χ2n) is 4.19. The van der Waals surface area contributed by atoms with Crippen molar-refractivity contribution in [3.8, 4) is 0 Å². The zero-order valence-corrected chi connectivity index (χ0v) is 7.72. The number of nitrogens with one attached hydrogen (secondary N) is 1. The fourth-order valence-electron chi connectivity index (χ4n) is 2.57. The summed E-state index contributed by atoms with van der Waals surface area (Å²) in [5.74, 6) is 0. The largest absolute Gasteiger partial charge is 0.312 e. The first-order valence-electron chi connectivity index (χ1n) is 5.65. The molecule has 1 heteroatoms. The average molecular weight is 174 g/mol. The van der Waals surface area contributed by atoms with Gasteiger partial charge < -0.3 is 5.32 Å². The van der Waals surface area contributed by atoms with Crippen LogP contribution in [-0.4, -0.2) is 6.52 Å². The van der Waals surface area contributed by atoms with Crippen LogP contribution in [0.5, 0.6) is 0 Å². The van der Waals surface area contributed by atoms with Crippen molar-refractivity contribution in [2.24, 2.45) is 0 Å². The SMILES string of the molecule is [2H]C1NCc2ccccc2C12CCC2. The summed E-state index contributed by atoms with van der Waals surface area (Å²) in [7, 11) is 0. The van der Waals surface area contributed by atoms with Crippen LogP contribution in [-0.2, 0) is 12.0 Å². The van der Waals surface area contributed by atoms with Gasteiger partial charge in [0.15, 0.2) is 0 Å². The van der Waals surface area contributed by atoms with Crippen molar-refractivity contribution in [2.75, 3.05) is 6.52 Å². The van der Waals surface area contributed by atoms with Gasteiger partial charge in [-0.05, 0) is 24.0 Å². The first-order valence-corrected chi connectivity index (χ1v) is 5.07. The van der Waals surface area contributed by atoms with Crippen molar-refractivity contribution in [1.82, 2.24) is 5.32 Å². The molecule has 2 aliphatic rings. The molecule has 1 spiro atoms. The smallest absolute Gasteiger partial charge is 0.0437 e. The van der Waals surface area contributed by atoms with E-state index in [-0.39, 0.29) is 11.9 Å². The van der Waals surface area contributed by atoms with Crippen LogP contribution in [0.1, 0.15) is 31.8 Å². The van der Waals surface area contributed by atoms with E-state index in [9.17, 15) is 0 Å². The number of hydrogen-bond donors (Lipinski definition) is 1. The Labute approximate surface area is 80.6 Å². The van der Waals surface area contributed by atoms with Crippen LogP contribution >= 0.6 is 0 Å². The van der Waals surface area contributed by atoms with Gasteiger partial charge in [-0.3, -0.25) is 0 Å². The minimum absolute atomic E-state index is 0.0915. The van der Waals surface area contributed by atoms with Gasteiger partial charge in [0, 0.05) is 19.9 Å². The molecule has 0 radical (unpaired) electrons. The lowest BCUT2D eigenvalue weighted by Gasteiger charge is -2.46. The summed E-state index contributed by atoms with van der Waals surface area (Å²) in [5.41, 5.74) is 2.98. The minimum atomic E-state index is -0.0915. The van der Waals surface area contributed by atoms with Gasteiger partial charge in [0.2, 0.25) is 0 Å². The third kappa shape index (κ3) is 0.969. The highest BCUT2D eigenvalue weighted by Gasteiger charge is 2.41. The lowest BCUT2D eigenvalue weighted by Crippen LogP contribution is -2.47. The molecule has 0 aromatic heterocycles. The second-order valence-corrected chi connectivity index (χ2v) is 4.19. The Balaban J connectivity index is 2.12. The molecule has 1 aromatic rings. The monoisotopic (exact) mass is 174 g/mol. The molecule has 0 bridgehead atoms. The molecule has 3 rings (SSSR count). The van der Waals surface area contributed by atoms with Crippen molar-refractivity contribution in [3.05, 3.63) is 35.4 Å². The van der Waals surface area contributed by atoms with Crippen LogP contribution < -0.4 is 5.32 Å². The molecule has 1 unspecified atom stereocenters. The van der Waals surface area contributed by atoms with Gasteiger partial charge in [0.05, 0.1) is 0 Å². The van der Waals surface area contributed by atoms with E-state index >= 15 is 0 Å². The van der Waals surface area contributed by atoms with Crippen molar-refractivity contribution in [2.45, 2.75) is 31.2 Å². The molecule has 1 aromatic carbocycles. The van der Waals surface area contributed by atoms with Crippen LogP contribution in [0.3, 0.4) is 0 Å². The molecular weight excluding hydrogens is 158 g/mol. The lowest BCUT2D eigenvalue weighted by molar-refractivity contribution is 0.219. The van der Waals surface area contributed by atoms with Crippen molar-refractivity contribution < 1.29 is 1.37 Å². The summed E-state index contributed by atoms with van der Waals surface area (Å²) in [6, 6.07) is 8.61. The molecule has 1 N–H and O–H groups in total. The van der Waals surface area contributed by atoms with Crippen molar-refractivity contribution >= 4 is 0 Å². The van der Waals surface area contributed by atoms with Gasteiger partial charge in [0.25, 0.3) is 0 Å². The maximum Gasteiger partial charge on any atom is 0.0437 e. The summed E-state index contributed by atoms with van der Waals surface area (Å²) in [4.78, 5) is 0. The first kappa shape index (κ1) is 6.61. The van der Waals surface area contributed by atoms with Crippen LogP contribution in [0, 0.1) is 0 Å². The second kappa shape index (κ2) is 2.58. The Bertz CT molecular complexity index is 357. The Morgan fingerprint density at radius 2 is 2.15 bits per heavy atom. The molecule has 1 nitrogen and oxygen atoms in total. The topological polar surface area (TPSA) is 12.0 Å². The predicted octanol–water partition coefficient (Wildman–Crippen LogP) is 2.21. The molecule has 68 valence electrons. The normalized spacial score (nSPS) is 30.5. The van der Waals surface area contributed by atoms with E-state index in [0.29, 0.717) is 0 Å². The van der Waals surface area contributed by atoms with Gasteiger partial charge in [0.1, 0.15) is 0 Å². The number of rotatable bonds is 0. The molecule has 0 amide bonds. The zero-order valence-electron chi connectivity index (χ0n) is 8.72. The Morgan fingerprint density at radius 1 is 1.31 bits per heavy atom. The average Bonchev–Trinajstić information content (AvgIpc) is 2.15. The Hall–Kier alpha value is -0.820. The van der Waals surface area contributed by atoms with E-state index in [1.807, 2.05) is 0 Å². The molecule has 0 saturated heterocycles. The van der Waals surface area contributed by atoms with E-state index in [2.05, 4.69) is 29.6 Å². The van der Waals surface area contributed by atoms with Gasteiger partial charge in [-0.15, -0.1) is 0 Å². The van der Waals surface area contributed by atoms with Gasteiger partial charge >= 0.3 is 0 Å². The van der Waals surface area contributed by atoms with Crippen LogP contribution in [0.25, 0.3) is 0 Å². The van der Waals surface area contributed by atoms with E-state index in [0.717, 1.165) is 6.54 Å². The van der Waals surface area contributed by atoms with Gasteiger partial charge in [-0.25, -0.2) is 0 Å². The Morgan fingerprint density at radius 3 is 2.92 bits per heavy atom. The molecular formula is C12H15N. The van der Waals surface area contributed by atoms with Crippen LogP contribution in [0.2, 0.25) is 0 Å². The van der Waals surface area contributed by atoms with Gasteiger partial charge in [-0.2, -0.15) is 0 Å². The maximum atomic E-state index is 8.10. The number of benzene rings is 1. The molecule has 1 atom stereocenters. The van der Waals surface area contributed by atoms with Crippen LogP contribution in [0.15, 0.2) is 24.3 Å². The van der Waals surface area contributed by atoms with E-state index in [1.165, 1.54) is 30.4 Å². The zero-order chi connectivity index (χ0) is 9.60. The minimum Gasteiger partial charge on any atom is -0.312 e. The van der Waals surface area contributed by atoms with E-state index < -0.39 is 0 Å². The van der Waals surface area contributed by atoms with Gasteiger partial charge in [-0.1, -0.05) is 30.7 Å². The molecule has 1 fully saturated rings. The molecule has 1 saturated carbocycles. The fraction of sp³-hybridized carbons (Fsp3) is 0.500. The Kier molecular flexibility index (Phi) is 1.31. The van der Waals surface area contributed by atoms with Crippen molar-refractivity contribution in [3.63, 3.8) is 0 Å². The third-order valence-corrected chi connectivity index (χ3v) is 3.47. The summed E-state index contributed by atoms with van der Waals surface area (Å²) in [5, 5.41) is 3.30. The molecule has 13 heavy (non-hydrogen) atoms.